The second-order valence-electron chi connectivity index (χ2n) is 7.46. The van der Waals surface area contributed by atoms with Gasteiger partial charge in [0.25, 0.3) is 0 Å². The topological polar surface area (TPSA) is 66.0 Å². The third-order valence-corrected chi connectivity index (χ3v) is 5.28. The fraction of sp³-hybridized carbons (Fsp3) is 0.391. The molecule has 2 aliphatic heterocycles. The van der Waals surface area contributed by atoms with Gasteiger partial charge in [0.15, 0.2) is 5.96 Å². The molecule has 2 aromatic rings. The maximum atomic E-state index is 11.5. The Hall–Kier alpha value is -3.02. The first-order chi connectivity index (χ1) is 14.3. The minimum absolute atomic E-state index is 0.0802. The first kappa shape index (κ1) is 19.3. The van der Waals surface area contributed by atoms with Crippen molar-refractivity contribution in [3.8, 4) is 5.75 Å². The first-order valence-corrected chi connectivity index (χ1v) is 10.4. The lowest BCUT2D eigenvalue weighted by Crippen LogP contribution is -2.40. The number of fused-ring (bicyclic) bond motifs is 1. The third kappa shape index (κ3) is 5.28. The first-order valence-electron chi connectivity index (χ1n) is 10.4. The van der Waals surface area contributed by atoms with Crippen LogP contribution in [0.25, 0.3) is 0 Å². The molecule has 1 fully saturated rings. The van der Waals surface area contributed by atoms with E-state index in [2.05, 4.69) is 27.7 Å². The van der Waals surface area contributed by atoms with E-state index in [9.17, 15) is 4.79 Å². The lowest BCUT2D eigenvalue weighted by Gasteiger charge is -2.30. The number of para-hydroxylation sites is 1. The number of carbonyl (C=O) groups excluding carboxylic acids is 1. The lowest BCUT2D eigenvalue weighted by atomic mass is 10.0. The number of aryl methyl sites for hydroxylation is 1. The van der Waals surface area contributed by atoms with E-state index in [-0.39, 0.29) is 5.91 Å². The Balaban J connectivity index is 1.36. The van der Waals surface area contributed by atoms with E-state index < -0.39 is 0 Å². The molecule has 1 saturated heterocycles. The van der Waals surface area contributed by atoms with Crippen molar-refractivity contribution in [1.29, 1.82) is 0 Å². The summed E-state index contributed by atoms with van der Waals surface area (Å²) in [7, 11) is 0. The molecule has 0 saturated carbocycles. The molecule has 6 heteroatoms. The molecule has 2 aromatic carbocycles. The van der Waals surface area contributed by atoms with Crippen LogP contribution in [0.3, 0.4) is 0 Å². The van der Waals surface area contributed by atoms with Crippen LogP contribution >= 0.6 is 0 Å². The van der Waals surface area contributed by atoms with Crippen molar-refractivity contribution in [3.05, 3.63) is 54.1 Å². The molecule has 0 atom stereocenters. The number of aliphatic imine (C=N–C) groups is 1. The second-order valence-corrected chi connectivity index (χ2v) is 7.46. The number of ether oxygens (including phenoxy) is 1. The predicted octanol–water partition coefficient (Wildman–Crippen LogP) is 3.90. The van der Waals surface area contributed by atoms with Gasteiger partial charge in [-0.3, -0.25) is 4.79 Å². The van der Waals surface area contributed by atoms with E-state index in [0.717, 1.165) is 48.2 Å². The fourth-order valence-electron chi connectivity index (χ4n) is 3.74. The molecule has 152 valence electrons. The van der Waals surface area contributed by atoms with E-state index in [1.54, 1.807) is 0 Å². The number of hydrogen-bond donors (Lipinski definition) is 2. The molecule has 1 amide bonds. The van der Waals surface area contributed by atoms with Crippen LogP contribution in [0.5, 0.6) is 5.75 Å². The molecule has 4 rings (SSSR count). The van der Waals surface area contributed by atoms with Gasteiger partial charge in [-0.15, -0.1) is 0 Å². The Bertz CT molecular complexity index is 860. The summed E-state index contributed by atoms with van der Waals surface area (Å²) in [4.78, 5) is 18.6. The van der Waals surface area contributed by atoms with Crippen molar-refractivity contribution in [2.75, 3.05) is 36.9 Å². The van der Waals surface area contributed by atoms with Crippen molar-refractivity contribution in [3.63, 3.8) is 0 Å². The number of nitrogens with zero attached hydrogens (tertiary/aromatic N) is 2. The van der Waals surface area contributed by atoms with Crippen molar-refractivity contribution < 1.29 is 9.53 Å². The summed E-state index contributed by atoms with van der Waals surface area (Å²) in [6.45, 7) is 3.17. The lowest BCUT2D eigenvalue weighted by molar-refractivity contribution is -0.116. The minimum Gasteiger partial charge on any atom is -0.492 e. The summed E-state index contributed by atoms with van der Waals surface area (Å²) < 4.78 is 5.92. The summed E-state index contributed by atoms with van der Waals surface area (Å²) in [5.41, 5.74) is 3.07. The molecular formula is C23H28N4O2. The van der Waals surface area contributed by atoms with Crippen LogP contribution in [0.2, 0.25) is 0 Å². The summed E-state index contributed by atoms with van der Waals surface area (Å²) >= 11 is 0. The van der Waals surface area contributed by atoms with Crippen LogP contribution < -0.4 is 15.4 Å². The van der Waals surface area contributed by atoms with Gasteiger partial charge < -0.3 is 20.3 Å². The van der Waals surface area contributed by atoms with Gasteiger partial charge in [0.2, 0.25) is 5.91 Å². The average Bonchev–Trinajstić information content (AvgIpc) is 2.77. The van der Waals surface area contributed by atoms with Gasteiger partial charge >= 0.3 is 0 Å². The smallest absolute Gasteiger partial charge is 0.224 e. The summed E-state index contributed by atoms with van der Waals surface area (Å²) in [5.74, 6) is 1.83. The molecule has 0 bridgehead atoms. The number of anilines is 2. The maximum Gasteiger partial charge on any atom is 0.224 e. The van der Waals surface area contributed by atoms with E-state index in [0.29, 0.717) is 19.6 Å². The molecular weight excluding hydrogens is 364 g/mol. The number of hydrogen-bond acceptors (Lipinski definition) is 3. The molecule has 2 heterocycles. The standard InChI is InChI=1S/C23H28N4O2/c28-22-12-9-18-17-20(10-11-21(18)26-22)29-16-13-24-23(27-14-5-2-6-15-27)25-19-7-3-1-4-8-19/h1,3-4,7-8,10-11,17H,2,5-6,9,12-16H2,(H,24,25)(H,26,28). The quantitative estimate of drug-likeness (QED) is 0.460. The Labute approximate surface area is 172 Å². The highest BCUT2D eigenvalue weighted by Gasteiger charge is 2.16. The highest BCUT2D eigenvalue weighted by atomic mass is 16.5. The van der Waals surface area contributed by atoms with Crippen LogP contribution in [-0.4, -0.2) is 43.0 Å². The molecule has 29 heavy (non-hydrogen) atoms. The highest BCUT2D eigenvalue weighted by Crippen LogP contribution is 2.26. The van der Waals surface area contributed by atoms with Gasteiger partial charge in [-0.1, -0.05) is 18.2 Å². The Morgan fingerprint density at radius 1 is 1.07 bits per heavy atom. The zero-order valence-corrected chi connectivity index (χ0v) is 16.7. The number of likely N-dealkylation sites (tertiary alicyclic amines) is 1. The number of amides is 1. The van der Waals surface area contributed by atoms with Crippen LogP contribution in [0.4, 0.5) is 11.4 Å². The number of benzene rings is 2. The van der Waals surface area contributed by atoms with E-state index in [1.165, 1.54) is 19.3 Å². The number of piperidine rings is 1. The summed E-state index contributed by atoms with van der Waals surface area (Å²) in [6, 6.07) is 16.0. The van der Waals surface area contributed by atoms with Gasteiger partial charge in [0.05, 0.1) is 6.54 Å². The van der Waals surface area contributed by atoms with Crippen LogP contribution in [0.1, 0.15) is 31.2 Å². The summed E-state index contributed by atoms with van der Waals surface area (Å²) in [5, 5.41) is 6.37. The van der Waals surface area contributed by atoms with Crippen LogP contribution in [0, 0.1) is 0 Å². The van der Waals surface area contributed by atoms with Crippen molar-refractivity contribution in [1.82, 2.24) is 4.90 Å². The van der Waals surface area contributed by atoms with Gasteiger partial charge in [-0.05, 0) is 61.6 Å². The normalized spacial score (nSPS) is 16.8. The van der Waals surface area contributed by atoms with Crippen molar-refractivity contribution in [2.45, 2.75) is 32.1 Å². The molecule has 0 aliphatic carbocycles. The molecule has 0 spiro atoms. The molecule has 2 aliphatic rings. The molecule has 0 aromatic heterocycles. The number of guanidine groups is 1. The van der Waals surface area contributed by atoms with Crippen LogP contribution in [-0.2, 0) is 11.2 Å². The SMILES string of the molecule is O=C1CCc2cc(OCCN=C(Nc3ccccc3)N3CCCCC3)ccc2N1. The van der Waals surface area contributed by atoms with E-state index in [1.807, 2.05) is 36.4 Å². The monoisotopic (exact) mass is 392 g/mol. The Kier molecular flexibility index (Phi) is 6.29. The second kappa shape index (κ2) is 9.45. The number of carbonyl (C=O) groups is 1. The largest absolute Gasteiger partial charge is 0.492 e. The zero-order valence-electron chi connectivity index (χ0n) is 16.7. The van der Waals surface area contributed by atoms with Gasteiger partial charge in [0, 0.05) is 30.9 Å². The summed E-state index contributed by atoms with van der Waals surface area (Å²) in [6.07, 6.45) is 4.99. The third-order valence-electron chi connectivity index (χ3n) is 5.28. The van der Waals surface area contributed by atoms with Crippen molar-refractivity contribution in [2.24, 2.45) is 4.99 Å². The molecule has 0 unspecified atom stereocenters. The Morgan fingerprint density at radius 3 is 2.72 bits per heavy atom. The van der Waals surface area contributed by atoms with Crippen LogP contribution in [0.15, 0.2) is 53.5 Å². The average molecular weight is 393 g/mol. The predicted molar refractivity (Wildman–Crippen MR) is 117 cm³/mol. The number of rotatable bonds is 5. The van der Waals surface area contributed by atoms with E-state index >= 15 is 0 Å². The van der Waals surface area contributed by atoms with E-state index in [4.69, 9.17) is 9.73 Å². The van der Waals surface area contributed by atoms with Gasteiger partial charge in [0.1, 0.15) is 12.4 Å². The molecule has 0 radical (unpaired) electrons. The van der Waals surface area contributed by atoms with Gasteiger partial charge in [-0.25, -0.2) is 4.99 Å². The molecule has 6 nitrogen and oxygen atoms in total. The highest BCUT2D eigenvalue weighted by molar-refractivity contribution is 5.94. The van der Waals surface area contributed by atoms with Gasteiger partial charge in [-0.2, -0.15) is 0 Å². The zero-order chi connectivity index (χ0) is 19.9. The number of nitrogens with one attached hydrogen (secondary N) is 2. The minimum atomic E-state index is 0.0802. The fourth-order valence-corrected chi connectivity index (χ4v) is 3.74. The maximum absolute atomic E-state index is 11.5. The Morgan fingerprint density at radius 2 is 1.90 bits per heavy atom. The van der Waals surface area contributed by atoms with Crippen molar-refractivity contribution >= 4 is 23.2 Å². The molecule has 2 N–H and O–H groups in total.